The topological polar surface area (TPSA) is 26.0 Å². The molecule has 0 atom stereocenters. The van der Waals surface area contributed by atoms with Gasteiger partial charge in [-0.1, -0.05) is 43.1 Å². The summed E-state index contributed by atoms with van der Waals surface area (Å²) in [5, 5.41) is 0. The SMILES string of the molecule is [B]c1cc([B])c(N)c([B]CCCC)c1[B]. The first-order valence-electron chi connectivity index (χ1n) is 5.14. The van der Waals surface area contributed by atoms with Gasteiger partial charge in [-0.25, -0.2) is 0 Å². The maximum atomic E-state index is 5.84. The molecule has 1 aromatic carbocycles. The molecule has 0 heterocycles. The van der Waals surface area contributed by atoms with Crippen LogP contribution in [0.15, 0.2) is 6.07 Å². The minimum atomic E-state index is 0.490. The highest BCUT2D eigenvalue weighted by Crippen LogP contribution is 1.95. The third kappa shape index (κ3) is 2.87. The van der Waals surface area contributed by atoms with Crippen LogP contribution in [0.5, 0.6) is 0 Å². The smallest absolute Gasteiger partial charge is 0.153 e. The molecule has 0 bridgehead atoms. The lowest BCUT2D eigenvalue weighted by atomic mass is 9.57. The molecule has 15 heavy (non-hydrogen) atoms. The number of unbranched alkanes of at least 4 members (excludes halogenated alkanes) is 1. The van der Waals surface area contributed by atoms with E-state index in [4.69, 9.17) is 29.3 Å². The van der Waals surface area contributed by atoms with Crippen molar-refractivity contribution < 1.29 is 0 Å². The number of nitrogen functional groups attached to an aromatic ring is 1. The molecule has 7 radical (unpaired) electrons. The Morgan fingerprint density at radius 2 is 1.93 bits per heavy atom. The molecule has 0 saturated carbocycles. The minimum Gasteiger partial charge on any atom is -0.400 e. The third-order valence-electron chi connectivity index (χ3n) is 2.42. The molecule has 0 aliphatic carbocycles. The number of hydrogen-bond acceptors (Lipinski definition) is 1. The summed E-state index contributed by atoms with van der Waals surface area (Å²) >= 11 is 0. The maximum Gasteiger partial charge on any atom is 0.153 e. The average molecular weight is 189 g/mol. The molecule has 1 aromatic rings. The average Bonchev–Trinajstić information content (AvgIpc) is 2.20. The third-order valence-corrected chi connectivity index (χ3v) is 2.42. The van der Waals surface area contributed by atoms with Crippen LogP contribution in [-0.4, -0.2) is 30.8 Å². The number of hydrogen-bond donors (Lipinski definition) is 1. The van der Waals surface area contributed by atoms with Gasteiger partial charge >= 0.3 is 0 Å². The quantitative estimate of drug-likeness (QED) is 0.338. The van der Waals surface area contributed by atoms with E-state index in [-0.39, 0.29) is 0 Å². The summed E-state index contributed by atoms with van der Waals surface area (Å²) in [6.45, 7) is 2.13. The van der Waals surface area contributed by atoms with Gasteiger partial charge in [0.1, 0.15) is 23.5 Å². The Morgan fingerprint density at radius 1 is 1.27 bits per heavy atom. The van der Waals surface area contributed by atoms with Crippen LogP contribution in [0.25, 0.3) is 0 Å². The maximum absolute atomic E-state index is 5.84. The van der Waals surface area contributed by atoms with Crippen LogP contribution in [0.2, 0.25) is 6.32 Å². The van der Waals surface area contributed by atoms with Crippen molar-refractivity contribution in [2.75, 3.05) is 5.73 Å². The Morgan fingerprint density at radius 3 is 2.53 bits per heavy atom. The van der Waals surface area contributed by atoms with Crippen LogP contribution in [0.4, 0.5) is 5.69 Å². The second-order valence-electron chi connectivity index (χ2n) is 3.64. The van der Waals surface area contributed by atoms with Gasteiger partial charge in [-0.15, -0.1) is 10.9 Å². The zero-order valence-corrected chi connectivity index (χ0v) is 9.09. The zero-order valence-electron chi connectivity index (χ0n) is 9.09. The molecular weight excluding hydrogens is 177 g/mol. The molecule has 5 heteroatoms. The Balaban J connectivity index is 2.94. The van der Waals surface area contributed by atoms with E-state index in [1.165, 1.54) is 0 Å². The molecule has 0 amide bonds. The minimum absolute atomic E-state index is 0.490. The van der Waals surface area contributed by atoms with Gasteiger partial charge in [-0.2, -0.15) is 0 Å². The van der Waals surface area contributed by atoms with Crippen molar-refractivity contribution in [2.45, 2.75) is 26.1 Å². The van der Waals surface area contributed by atoms with Crippen LogP contribution in [0, 0.1) is 0 Å². The van der Waals surface area contributed by atoms with Gasteiger partial charge in [0.15, 0.2) is 7.28 Å². The van der Waals surface area contributed by atoms with Crippen LogP contribution in [-0.2, 0) is 0 Å². The van der Waals surface area contributed by atoms with Crippen molar-refractivity contribution in [3.63, 3.8) is 0 Å². The molecule has 2 N–H and O–H groups in total. The molecule has 69 valence electrons. The highest BCUT2D eigenvalue weighted by atomic mass is 14.6. The fourth-order valence-corrected chi connectivity index (χ4v) is 1.45. The summed E-state index contributed by atoms with van der Waals surface area (Å²) in [7, 11) is 19.3. The van der Waals surface area contributed by atoms with Crippen LogP contribution < -0.4 is 27.6 Å². The second kappa shape index (κ2) is 5.39. The standard InChI is InChI=1S/C10H12B4N/c1-2-3-4-14-9-8(13)6(11)5-7(12)10(9)15/h5H,2-4,15H2,1H3. The summed E-state index contributed by atoms with van der Waals surface area (Å²) in [5.41, 5.74) is 8.65. The number of nitrogens with two attached hydrogens (primary N) is 1. The molecule has 0 saturated heterocycles. The number of anilines is 1. The van der Waals surface area contributed by atoms with E-state index in [0.29, 0.717) is 22.1 Å². The Hall–Kier alpha value is -0.720. The lowest BCUT2D eigenvalue weighted by Crippen LogP contribution is -2.47. The summed E-state index contributed by atoms with van der Waals surface area (Å²) in [6, 6.07) is 1.60. The number of benzene rings is 1. The first-order chi connectivity index (χ1) is 7.07. The van der Waals surface area contributed by atoms with Crippen LogP contribution in [0.3, 0.4) is 0 Å². The highest BCUT2D eigenvalue weighted by Gasteiger charge is 2.08. The zero-order chi connectivity index (χ0) is 11.4. The van der Waals surface area contributed by atoms with E-state index in [2.05, 4.69) is 6.92 Å². The van der Waals surface area contributed by atoms with Crippen molar-refractivity contribution in [1.29, 1.82) is 0 Å². The van der Waals surface area contributed by atoms with Crippen LogP contribution >= 0.6 is 0 Å². The molecule has 1 nitrogen and oxygen atoms in total. The van der Waals surface area contributed by atoms with Gasteiger partial charge in [0.25, 0.3) is 0 Å². The predicted octanol–water partition coefficient (Wildman–Crippen LogP) is -1.80. The fourth-order valence-electron chi connectivity index (χ4n) is 1.45. The van der Waals surface area contributed by atoms with Gasteiger partial charge in [0, 0.05) is 5.69 Å². The summed E-state index contributed by atoms with van der Waals surface area (Å²) in [6.07, 6.45) is 3.18. The monoisotopic (exact) mass is 190 g/mol. The Bertz CT molecular complexity index is 326. The normalized spacial score (nSPS) is 10.2. The molecule has 0 fully saturated rings. The molecule has 0 spiro atoms. The summed E-state index contributed by atoms with van der Waals surface area (Å²) < 4.78 is 0. The van der Waals surface area contributed by atoms with Crippen molar-refractivity contribution in [3.8, 4) is 0 Å². The largest absolute Gasteiger partial charge is 0.400 e. The van der Waals surface area contributed by atoms with E-state index in [0.717, 1.165) is 24.6 Å². The second-order valence-corrected chi connectivity index (χ2v) is 3.64. The van der Waals surface area contributed by atoms with E-state index in [9.17, 15) is 0 Å². The lowest BCUT2D eigenvalue weighted by Gasteiger charge is -2.15. The molecule has 0 aliphatic heterocycles. The van der Waals surface area contributed by atoms with Crippen molar-refractivity contribution in [1.82, 2.24) is 0 Å². The molecular formula is C10H12B4N. The van der Waals surface area contributed by atoms with Crippen molar-refractivity contribution >= 4 is 58.4 Å². The van der Waals surface area contributed by atoms with E-state index >= 15 is 0 Å². The molecule has 0 aliphatic rings. The molecule has 0 unspecified atom stereocenters. The van der Waals surface area contributed by atoms with E-state index < -0.39 is 0 Å². The highest BCUT2D eigenvalue weighted by molar-refractivity contribution is 6.67. The van der Waals surface area contributed by atoms with Crippen LogP contribution in [0.1, 0.15) is 19.8 Å². The van der Waals surface area contributed by atoms with Gasteiger partial charge in [-0.05, 0) is 0 Å². The first-order valence-corrected chi connectivity index (χ1v) is 5.14. The van der Waals surface area contributed by atoms with Crippen molar-refractivity contribution in [3.05, 3.63) is 6.07 Å². The van der Waals surface area contributed by atoms with Gasteiger partial charge in [-0.3, -0.25) is 0 Å². The van der Waals surface area contributed by atoms with E-state index in [1.807, 2.05) is 7.28 Å². The van der Waals surface area contributed by atoms with E-state index in [1.54, 1.807) is 6.07 Å². The summed E-state index contributed by atoms with van der Waals surface area (Å²) in [4.78, 5) is 0. The number of rotatable bonds is 4. The predicted molar refractivity (Wildman–Crippen MR) is 72.1 cm³/mol. The molecule has 1 rings (SSSR count). The van der Waals surface area contributed by atoms with Gasteiger partial charge in [0.2, 0.25) is 0 Å². The molecule has 0 aromatic heterocycles. The van der Waals surface area contributed by atoms with Crippen molar-refractivity contribution in [2.24, 2.45) is 0 Å². The van der Waals surface area contributed by atoms with Gasteiger partial charge < -0.3 is 5.73 Å². The fraction of sp³-hybridized carbons (Fsp3) is 0.400. The van der Waals surface area contributed by atoms with Gasteiger partial charge in [0.05, 0.1) is 0 Å². The lowest BCUT2D eigenvalue weighted by molar-refractivity contribution is 0.881. The first kappa shape index (κ1) is 12.3. The Labute approximate surface area is 96.7 Å². The summed E-state index contributed by atoms with van der Waals surface area (Å²) in [5.74, 6) is 0. The Kier molecular flexibility index (Phi) is 4.44.